The molecular formula is C10H15N3O2S. The van der Waals surface area contributed by atoms with Gasteiger partial charge >= 0.3 is 0 Å². The molecule has 1 aromatic heterocycles. The van der Waals surface area contributed by atoms with Gasteiger partial charge in [-0.05, 0) is 26.2 Å². The Balaban J connectivity index is 2.11. The fourth-order valence-electron chi connectivity index (χ4n) is 1.72. The summed E-state index contributed by atoms with van der Waals surface area (Å²) in [4.78, 5) is 6.61. The number of aromatic amines is 1. The molecule has 0 aliphatic heterocycles. The maximum Gasteiger partial charge on any atom is 0.257 e. The molecule has 88 valence electrons. The molecule has 16 heavy (non-hydrogen) atoms. The summed E-state index contributed by atoms with van der Waals surface area (Å²) in [5.74, 6) is 0.601. The van der Waals surface area contributed by atoms with Crippen LogP contribution >= 0.6 is 0 Å². The highest BCUT2D eigenvalue weighted by molar-refractivity contribution is 7.89. The lowest BCUT2D eigenvalue weighted by Crippen LogP contribution is -2.35. The second kappa shape index (κ2) is 4.39. The van der Waals surface area contributed by atoms with Crippen molar-refractivity contribution in [1.29, 1.82) is 0 Å². The topological polar surface area (TPSA) is 74.8 Å². The molecule has 1 aromatic rings. The minimum absolute atomic E-state index is 0.00129. The smallest absolute Gasteiger partial charge is 0.257 e. The molecule has 0 spiro atoms. The molecule has 5 nitrogen and oxygen atoms in total. The van der Waals surface area contributed by atoms with E-state index in [0.717, 1.165) is 19.3 Å². The SMILES string of the molecule is Cc1ncc(S(=O)(=O)NC2CC=CCC2)[nH]1. The number of rotatable bonds is 3. The molecule has 1 aliphatic carbocycles. The van der Waals surface area contributed by atoms with Gasteiger partial charge in [-0.2, -0.15) is 0 Å². The third kappa shape index (κ3) is 2.51. The molecule has 1 heterocycles. The predicted octanol–water partition coefficient (Wildman–Crippen LogP) is 1.11. The first-order chi connectivity index (χ1) is 7.58. The van der Waals surface area contributed by atoms with E-state index in [2.05, 4.69) is 20.8 Å². The Morgan fingerprint density at radius 3 is 2.88 bits per heavy atom. The third-order valence-corrected chi connectivity index (χ3v) is 3.99. The summed E-state index contributed by atoms with van der Waals surface area (Å²) in [6, 6.07) is -0.00129. The van der Waals surface area contributed by atoms with Crippen LogP contribution in [0.2, 0.25) is 0 Å². The molecule has 0 saturated heterocycles. The second-order valence-electron chi connectivity index (χ2n) is 3.94. The van der Waals surface area contributed by atoms with Crippen LogP contribution in [0.4, 0.5) is 0 Å². The number of aryl methyl sites for hydroxylation is 1. The standard InChI is InChI=1S/C10H15N3O2S/c1-8-11-7-10(12-8)16(14,15)13-9-5-3-2-4-6-9/h2-3,7,9,13H,4-6H2,1H3,(H,11,12). The highest BCUT2D eigenvalue weighted by Crippen LogP contribution is 2.14. The minimum Gasteiger partial charge on any atom is -0.332 e. The van der Waals surface area contributed by atoms with Crippen LogP contribution in [0.15, 0.2) is 23.4 Å². The molecule has 0 fully saturated rings. The maximum atomic E-state index is 11.9. The Morgan fingerprint density at radius 2 is 2.31 bits per heavy atom. The van der Waals surface area contributed by atoms with Gasteiger partial charge in [-0.3, -0.25) is 0 Å². The summed E-state index contributed by atoms with van der Waals surface area (Å²) >= 11 is 0. The van der Waals surface area contributed by atoms with Crippen molar-refractivity contribution in [2.45, 2.75) is 37.3 Å². The van der Waals surface area contributed by atoms with Crippen LogP contribution in [0.25, 0.3) is 0 Å². The van der Waals surface area contributed by atoms with Crippen LogP contribution < -0.4 is 4.72 Å². The summed E-state index contributed by atoms with van der Waals surface area (Å²) < 4.78 is 26.5. The molecule has 1 unspecified atom stereocenters. The molecular weight excluding hydrogens is 226 g/mol. The summed E-state index contributed by atoms with van der Waals surface area (Å²) in [5, 5.41) is 0.138. The van der Waals surface area contributed by atoms with Gasteiger partial charge in [0.15, 0.2) is 5.03 Å². The average molecular weight is 241 g/mol. The van der Waals surface area contributed by atoms with E-state index in [9.17, 15) is 8.42 Å². The lowest BCUT2D eigenvalue weighted by atomic mass is 10.0. The predicted molar refractivity (Wildman–Crippen MR) is 60.4 cm³/mol. The normalized spacial score (nSPS) is 21.2. The van der Waals surface area contributed by atoms with Gasteiger partial charge in [-0.25, -0.2) is 18.1 Å². The van der Waals surface area contributed by atoms with Crippen molar-refractivity contribution in [1.82, 2.24) is 14.7 Å². The van der Waals surface area contributed by atoms with Crippen LogP contribution in [-0.4, -0.2) is 24.4 Å². The van der Waals surface area contributed by atoms with Crippen molar-refractivity contribution in [2.75, 3.05) is 0 Å². The van der Waals surface area contributed by atoms with E-state index in [0.29, 0.717) is 5.82 Å². The van der Waals surface area contributed by atoms with Crippen LogP contribution in [0.5, 0.6) is 0 Å². The van der Waals surface area contributed by atoms with Gasteiger partial charge in [0.05, 0.1) is 6.20 Å². The van der Waals surface area contributed by atoms with Crippen molar-refractivity contribution >= 4 is 10.0 Å². The van der Waals surface area contributed by atoms with E-state index < -0.39 is 10.0 Å². The number of hydrogen-bond acceptors (Lipinski definition) is 3. The molecule has 1 atom stereocenters. The van der Waals surface area contributed by atoms with Gasteiger partial charge in [0, 0.05) is 6.04 Å². The van der Waals surface area contributed by atoms with Crippen molar-refractivity contribution in [2.24, 2.45) is 0 Å². The number of aromatic nitrogens is 2. The van der Waals surface area contributed by atoms with Crippen molar-refractivity contribution < 1.29 is 8.42 Å². The molecule has 2 N–H and O–H groups in total. The first-order valence-corrected chi connectivity index (χ1v) is 6.75. The first kappa shape index (κ1) is 11.3. The zero-order valence-electron chi connectivity index (χ0n) is 9.10. The zero-order valence-corrected chi connectivity index (χ0v) is 9.92. The quantitative estimate of drug-likeness (QED) is 0.778. The summed E-state index contributed by atoms with van der Waals surface area (Å²) in [6.45, 7) is 1.72. The van der Waals surface area contributed by atoms with Gasteiger partial charge < -0.3 is 4.98 Å². The van der Waals surface area contributed by atoms with Crippen LogP contribution in [0.3, 0.4) is 0 Å². The van der Waals surface area contributed by atoms with E-state index in [-0.39, 0.29) is 11.1 Å². The van der Waals surface area contributed by atoms with Gasteiger partial charge in [-0.1, -0.05) is 12.2 Å². The number of nitrogens with zero attached hydrogens (tertiary/aromatic N) is 1. The molecule has 0 radical (unpaired) electrons. The van der Waals surface area contributed by atoms with Crippen molar-refractivity contribution in [3.05, 3.63) is 24.2 Å². The molecule has 0 aromatic carbocycles. The summed E-state index contributed by atoms with van der Waals surface area (Å²) in [5.41, 5.74) is 0. The zero-order chi connectivity index (χ0) is 11.6. The fraction of sp³-hybridized carbons (Fsp3) is 0.500. The van der Waals surface area contributed by atoms with Crippen LogP contribution in [0.1, 0.15) is 25.1 Å². The summed E-state index contributed by atoms with van der Waals surface area (Å²) in [6.07, 6.45) is 7.96. The molecule has 6 heteroatoms. The number of allylic oxidation sites excluding steroid dienone is 1. The Hall–Kier alpha value is -1.14. The van der Waals surface area contributed by atoms with E-state index in [1.807, 2.05) is 6.08 Å². The third-order valence-electron chi connectivity index (χ3n) is 2.56. The van der Waals surface area contributed by atoms with Crippen molar-refractivity contribution in [3.8, 4) is 0 Å². The Bertz CT molecular complexity index is 490. The van der Waals surface area contributed by atoms with E-state index in [1.165, 1.54) is 6.20 Å². The first-order valence-electron chi connectivity index (χ1n) is 5.27. The Kier molecular flexibility index (Phi) is 3.11. The number of hydrogen-bond donors (Lipinski definition) is 2. The van der Waals surface area contributed by atoms with E-state index in [4.69, 9.17) is 0 Å². The molecule has 0 amide bonds. The lowest BCUT2D eigenvalue weighted by Gasteiger charge is -2.18. The van der Waals surface area contributed by atoms with Gasteiger partial charge in [0.25, 0.3) is 10.0 Å². The maximum absolute atomic E-state index is 11.9. The van der Waals surface area contributed by atoms with E-state index in [1.54, 1.807) is 6.92 Å². The van der Waals surface area contributed by atoms with E-state index >= 15 is 0 Å². The highest BCUT2D eigenvalue weighted by Gasteiger charge is 2.21. The number of nitrogens with one attached hydrogen (secondary N) is 2. The molecule has 2 rings (SSSR count). The Labute approximate surface area is 95.0 Å². The van der Waals surface area contributed by atoms with Crippen molar-refractivity contribution in [3.63, 3.8) is 0 Å². The molecule has 1 aliphatic rings. The fourth-order valence-corrected chi connectivity index (χ4v) is 2.97. The monoisotopic (exact) mass is 241 g/mol. The van der Waals surface area contributed by atoms with Gasteiger partial charge in [0.2, 0.25) is 0 Å². The second-order valence-corrected chi connectivity index (χ2v) is 5.62. The molecule has 0 bridgehead atoms. The minimum atomic E-state index is -3.44. The molecule has 0 saturated carbocycles. The highest BCUT2D eigenvalue weighted by atomic mass is 32.2. The number of H-pyrrole nitrogens is 1. The van der Waals surface area contributed by atoms with Crippen LogP contribution in [-0.2, 0) is 10.0 Å². The number of sulfonamides is 1. The van der Waals surface area contributed by atoms with Gasteiger partial charge in [-0.15, -0.1) is 0 Å². The van der Waals surface area contributed by atoms with Crippen LogP contribution in [0, 0.1) is 6.92 Å². The average Bonchev–Trinajstić information content (AvgIpc) is 2.66. The number of imidazole rings is 1. The largest absolute Gasteiger partial charge is 0.332 e. The Morgan fingerprint density at radius 1 is 1.50 bits per heavy atom. The lowest BCUT2D eigenvalue weighted by molar-refractivity contribution is 0.520. The van der Waals surface area contributed by atoms with Gasteiger partial charge in [0.1, 0.15) is 5.82 Å². The summed E-state index contributed by atoms with van der Waals surface area (Å²) in [7, 11) is -3.44.